The lowest BCUT2D eigenvalue weighted by atomic mass is 10.2. The highest BCUT2D eigenvalue weighted by Crippen LogP contribution is 2.13. The van der Waals surface area contributed by atoms with E-state index in [0.717, 1.165) is 11.0 Å². The number of ether oxygens (including phenoxy) is 1. The lowest BCUT2D eigenvalue weighted by molar-refractivity contribution is -0.148. The van der Waals surface area contributed by atoms with E-state index >= 15 is 0 Å². The number of esters is 1. The molecule has 0 saturated carbocycles. The maximum Gasteiger partial charge on any atom is 0.323 e. The van der Waals surface area contributed by atoms with Crippen LogP contribution in [-0.2, 0) is 16.1 Å². The van der Waals surface area contributed by atoms with Gasteiger partial charge in [0.15, 0.2) is 0 Å². The third-order valence-corrected chi connectivity index (χ3v) is 3.16. The van der Waals surface area contributed by atoms with Gasteiger partial charge in [0.25, 0.3) is 0 Å². The molecule has 1 aromatic carbocycles. The number of likely N-dealkylation sites (N-methyl/N-ethyl adjacent to an activating group) is 1. The van der Waals surface area contributed by atoms with Gasteiger partial charge in [-0.25, -0.2) is 0 Å². The van der Waals surface area contributed by atoms with Crippen LogP contribution in [0, 0.1) is 0 Å². The van der Waals surface area contributed by atoms with Crippen molar-refractivity contribution in [2.75, 3.05) is 13.7 Å². The van der Waals surface area contributed by atoms with Gasteiger partial charge < -0.3 is 4.74 Å². The molecule has 0 aromatic heterocycles. The van der Waals surface area contributed by atoms with Crippen LogP contribution in [-0.4, -0.2) is 30.6 Å². The van der Waals surface area contributed by atoms with Crippen molar-refractivity contribution < 1.29 is 9.53 Å². The zero-order valence-electron chi connectivity index (χ0n) is 10.4. The third-order valence-electron chi connectivity index (χ3n) is 2.63. The predicted molar refractivity (Wildman–Crippen MR) is 71.7 cm³/mol. The number of carbonyl (C=O) groups is 1. The summed E-state index contributed by atoms with van der Waals surface area (Å²) >= 11 is 3.40. The highest BCUT2D eigenvalue weighted by atomic mass is 79.9. The van der Waals surface area contributed by atoms with E-state index in [1.165, 1.54) is 5.56 Å². The van der Waals surface area contributed by atoms with Crippen molar-refractivity contribution in [2.24, 2.45) is 0 Å². The monoisotopic (exact) mass is 299 g/mol. The van der Waals surface area contributed by atoms with E-state index in [1.807, 2.05) is 50.1 Å². The topological polar surface area (TPSA) is 29.5 Å². The molecule has 1 aromatic rings. The van der Waals surface area contributed by atoms with Gasteiger partial charge in [0, 0.05) is 11.0 Å². The van der Waals surface area contributed by atoms with E-state index in [9.17, 15) is 4.79 Å². The van der Waals surface area contributed by atoms with E-state index in [1.54, 1.807) is 0 Å². The normalized spacial score (nSPS) is 12.5. The Kier molecular flexibility index (Phi) is 5.65. The summed E-state index contributed by atoms with van der Waals surface area (Å²) in [6, 6.07) is 7.85. The number of nitrogens with zero attached hydrogens (tertiary/aromatic N) is 1. The number of hydrogen-bond donors (Lipinski definition) is 0. The minimum absolute atomic E-state index is 0.174. The maximum atomic E-state index is 11.6. The van der Waals surface area contributed by atoms with Crippen LogP contribution in [0.25, 0.3) is 0 Å². The third kappa shape index (κ3) is 4.48. The van der Waals surface area contributed by atoms with Gasteiger partial charge in [0.05, 0.1) is 6.61 Å². The van der Waals surface area contributed by atoms with Crippen LogP contribution < -0.4 is 0 Å². The number of rotatable bonds is 5. The highest BCUT2D eigenvalue weighted by molar-refractivity contribution is 9.10. The van der Waals surface area contributed by atoms with Crippen molar-refractivity contribution in [3.63, 3.8) is 0 Å². The molecule has 0 radical (unpaired) electrons. The molecule has 0 aliphatic rings. The Morgan fingerprint density at radius 1 is 1.41 bits per heavy atom. The number of halogens is 1. The quantitative estimate of drug-likeness (QED) is 0.783. The van der Waals surface area contributed by atoms with E-state index < -0.39 is 0 Å². The average Bonchev–Trinajstić information content (AvgIpc) is 2.31. The molecule has 1 atom stereocenters. The van der Waals surface area contributed by atoms with Gasteiger partial charge in [-0.1, -0.05) is 28.1 Å². The van der Waals surface area contributed by atoms with E-state index in [4.69, 9.17) is 4.74 Å². The largest absolute Gasteiger partial charge is 0.465 e. The van der Waals surface area contributed by atoms with Crippen LogP contribution in [0.15, 0.2) is 28.7 Å². The Morgan fingerprint density at radius 3 is 2.53 bits per heavy atom. The summed E-state index contributed by atoms with van der Waals surface area (Å²) in [5, 5.41) is 0. The zero-order valence-corrected chi connectivity index (χ0v) is 12.0. The molecule has 0 spiro atoms. The average molecular weight is 300 g/mol. The molecule has 94 valence electrons. The molecular formula is C13H18BrNO2. The molecule has 17 heavy (non-hydrogen) atoms. The van der Waals surface area contributed by atoms with Gasteiger partial charge in [-0.2, -0.15) is 0 Å². The smallest absolute Gasteiger partial charge is 0.323 e. The number of hydrogen-bond acceptors (Lipinski definition) is 3. The predicted octanol–water partition coefficient (Wildman–Crippen LogP) is 2.83. The minimum Gasteiger partial charge on any atom is -0.465 e. The molecule has 0 fully saturated rings. The molecule has 1 rings (SSSR count). The zero-order chi connectivity index (χ0) is 12.8. The standard InChI is InChI=1S/C13H18BrNO2/c1-4-17-13(16)10(2)15(3)9-11-5-7-12(14)8-6-11/h5-8,10H,4,9H2,1-3H3. The highest BCUT2D eigenvalue weighted by Gasteiger charge is 2.18. The van der Waals surface area contributed by atoms with E-state index in [-0.39, 0.29) is 12.0 Å². The first-order chi connectivity index (χ1) is 8.04. The van der Waals surface area contributed by atoms with Crippen LogP contribution in [0.5, 0.6) is 0 Å². The Hall–Kier alpha value is -0.870. The molecule has 0 amide bonds. The second-order valence-electron chi connectivity index (χ2n) is 3.97. The Morgan fingerprint density at radius 2 is 2.00 bits per heavy atom. The van der Waals surface area contributed by atoms with Gasteiger partial charge in [0.2, 0.25) is 0 Å². The summed E-state index contributed by atoms with van der Waals surface area (Å²) < 4.78 is 6.05. The van der Waals surface area contributed by atoms with Crippen LogP contribution in [0.1, 0.15) is 19.4 Å². The summed E-state index contributed by atoms with van der Waals surface area (Å²) in [6.07, 6.45) is 0. The maximum absolute atomic E-state index is 11.6. The Bertz CT molecular complexity index is 364. The van der Waals surface area contributed by atoms with Crippen LogP contribution in [0.2, 0.25) is 0 Å². The molecule has 0 N–H and O–H groups in total. The second-order valence-corrected chi connectivity index (χ2v) is 4.89. The van der Waals surface area contributed by atoms with Gasteiger partial charge >= 0.3 is 5.97 Å². The molecule has 4 heteroatoms. The summed E-state index contributed by atoms with van der Waals surface area (Å²) in [7, 11) is 1.92. The minimum atomic E-state index is -0.224. The fraction of sp³-hybridized carbons (Fsp3) is 0.462. The number of carbonyl (C=O) groups excluding carboxylic acids is 1. The van der Waals surface area contributed by atoms with Crippen LogP contribution in [0.3, 0.4) is 0 Å². The molecule has 0 bridgehead atoms. The molecular weight excluding hydrogens is 282 g/mol. The first-order valence-electron chi connectivity index (χ1n) is 5.66. The summed E-state index contributed by atoms with van der Waals surface area (Å²) in [5.41, 5.74) is 1.17. The Balaban J connectivity index is 2.56. The van der Waals surface area contributed by atoms with Crippen molar-refractivity contribution in [3.8, 4) is 0 Å². The molecule has 0 aliphatic carbocycles. The van der Waals surface area contributed by atoms with Crippen LogP contribution >= 0.6 is 15.9 Å². The summed E-state index contributed by atoms with van der Waals surface area (Å²) in [5.74, 6) is -0.174. The lowest BCUT2D eigenvalue weighted by Crippen LogP contribution is -2.36. The summed E-state index contributed by atoms with van der Waals surface area (Å²) in [4.78, 5) is 13.5. The van der Waals surface area contributed by atoms with Gasteiger partial charge in [-0.15, -0.1) is 0 Å². The van der Waals surface area contributed by atoms with Crippen molar-refractivity contribution in [1.82, 2.24) is 4.90 Å². The summed E-state index contributed by atoms with van der Waals surface area (Å²) in [6.45, 7) is 4.83. The molecule has 1 unspecified atom stereocenters. The molecule has 0 heterocycles. The first kappa shape index (κ1) is 14.2. The molecule has 3 nitrogen and oxygen atoms in total. The van der Waals surface area contributed by atoms with Crippen molar-refractivity contribution >= 4 is 21.9 Å². The van der Waals surface area contributed by atoms with Crippen molar-refractivity contribution in [3.05, 3.63) is 34.3 Å². The first-order valence-corrected chi connectivity index (χ1v) is 6.45. The fourth-order valence-corrected chi connectivity index (χ4v) is 1.72. The van der Waals surface area contributed by atoms with Gasteiger partial charge in [-0.05, 0) is 38.6 Å². The van der Waals surface area contributed by atoms with E-state index in [2.05, 4.69) is 15.9 Å². The van der Waals surface area contributed by atoms with Crippen molar-refractivity contribution in [2.45, 2.75) is 26.4 Å². The second kappa shape index (κ2) is 6.77. The lowest BCUT2D eigenvalue weighted by Gasteiger charge is -2.22. The van der Waals surface area contributed by atoms with Crippen molar-refractivity contribution in [1.29, 1.82) is 0 Å². The Labute approximate surface area is 111 Å². The van der Waals surface area contributed by atoms with Gasteiger partial charge in [-0.3, -0.25) is 9.69 Å². The molecule has 0 aliphatic heterocycles. The van der Waals surface area contributed by atoms with Gasteiger partial charge in [0.1, 0.15) is 6.04 Å². The number of benzene rings is 1. The SMILES string of the molecule is CCOC(=O)C(C)N(C)Cc1ccc(Br)cc1. The van der Waals surface area contributed by atoms with Crippen LogP contribution in [0.4, 0.5) is 0 Å². The fourth-order valence-electron chi connectivity index (χ4n) is 1.46. The molecule has 0 saturated heterocycles. The van der Waals surface area contributed by atoms with E-state index in [0.29, 0.717) is 6.61 Å².